The van der Waals surface area contributed by atoms with Gasteiger partial charge in [0.2, 0.25) is 5.16 Å². The summed E-state index contributed by atoms with van der Waals surface area (Å²) in [4.78, 5) is 0. The van der Waals surface area contributed by atoms with E-state index in [0.717, 1.165) is 16.7 Å². The summed E-state index contributed by atoms with van der Waals surface area (Å²) < 4.78 is 1.52. The molecule has 0 radical (unpaired) electrons. The second kappa shape index (κ2) is 3.80. The predicted octanol–water partition coefficient (Wildman–Crippen LogP) is 1.05. The first-order chi connectivity index (χ1) is 5.61. The normalized spacial score (nSPS) is 11.0. The number of nitrogen functional groups attached to an aromatic ring is 1. The smallest absolute Gasteiger partial charge is 0.209 e. The standard InChI is InChI=1S/C7H14N4S/c1-5(2)4-12-7-10-9-6(3)11(7)8/h5H,4,8H2,1-3H3. The molecule has 0 bridgehead atoms. The molecule has 2 N–H and O–H groups in total. The molecule has 0 amide bonds. The van der Waals surface area contributed by atoms with Gasteiger partial charge < -0.3 is 5.84 Å². The summed E-state index contributed by atoms with van der Waals surface area (Å²) in [5, 5.41) is 8.59. The van der Waals surface area contributed by atoms with Crippen molar-refractivity contribution in [3.63, 3.8) is 0 Å². The van der Waals surface area contributed by atoms with E-state index in [4.69, 9.17) is 5.84 Å². The number of hydrogen-bond donors (Lipinski definition) is 1. The molecule has 0 atom stereocenters. The van der Waals surface area contributed by atoms with Gasteiger partial charge >= 0.3 is 0 Å². The van der Waals surface area contributed by atoms with Gasteiger partial charge in [-0.05, 0) is 12.8 Å². The third-order valence-corrected chi connectivity index (χ3v) is 2.75. The van der Waals surface area contributed by atoms with Crippen molar-refractivity contribution in [2.24, 2.45) is 5.92 Å². The third-order valence-electron chi connectivity index (χ3n) is 1.38. The molecule has 0 saturated heterocycles. The van der Waals surface area contributed by atoms with Crippen LogP contribution < -0.4 is 5.84 Å². The molecule has 12 heavy (non-hydrogen) atoms. The highest BCUT2D eigenvalue weighted by Gasteiger charge is 2.06. The van der Waals surface area contributed by atoms with Crippen molar-refractivity contribution in [3.05, 3.63) is 5.82 Å². The average Bonchev–Trinajstić information content (AvgIpc) is 2.30. The monoisotopic (exact) mass is 186 g/mol. The van der Waals surface area contributed by atoms with Gasteiger partial charge in [-0.2, -0.15) is 0 Å². The molecule has 4 nitrogen and oxygen atoms in total. The number of aryl methyl sites for hydroxylation is 1. The van der Waals surface area contributed by atoms with E-state index < -0.39 is 0 Å². The minimum absolute atomic E-state index is 0.645. The molecule has 0 aliphatic heterocycles. The summed E-state index contributed by atoms with van der Waals surface area (Å²) >= 11 is 1.64. The zero-order chi connectivity index (χ0) is 9.14. The van der Waals surface area contributed by atoms with Crippen molar-refractivity contribution in [3.8, 4) is 0 Å². The van der Waals surface area contributed by atoms with Crippen LogP contribution in [0.1, 0.15) is 19.7 Å². The Kier molecular flexibility index (Phi) is 2.97. The topological polar surface area (TPSA) is 56.7 Å². The van der Waals surface area contributed by atoms with Gasteiger partial charge in [-0.3, -0.25) is 0 Å². The molecule has 0 aliphatic carbocycles. The van der Waals surface area contributed by atoms with Crippen LogP contribution in [0, 0.1) is 12.8 Å². The quantitative estimate of drug-likeness (QED) is 0.566. The summed E-state index contributed by atoms with van der Waals surface area (Å²) in [5.41, 5.74) is 0. The minimum atomic E-state index is 0.645. The number of nitrogens with zero attached hydrogens (tertiary/aromatic N) is 3. The third kappa shape index (κ3) is 2.14. The maximum absolute atomic E-state index is 5.66. The van der Waals surface area contributed by atoms with E-state index >= 15 is 0 Å². The van der Waals surface area contributed by atoms with Crippen LogP contribution in [-0.2, 0) is 0 Å². The van der Waals surface area contributed by atoms with Crippen LogP contribution in [-0.4, -0.2) is 20.6 Å². The van der Waals surface area contributed by atoms with Gasteiger partial charge in [0.1, 0.15) is 5.82 Å². The summed E-state index contributed by atoms with van der Waals surface area (Å²) in [6.45, 7) is 6.17. The summed E-state index contributed by atoms with van der Waals surface area (Å²) in [6.07, 6.45) is 0. The lowest BCUT2D eigenvalue weighted by atomic mass is 10.3. The first-order valence-electron chi connectivity index (χ1n) is 3.91. The highest BCUT2D eigenvalue weighted by molar-refractivity contribution is 7.99. The second-order valence-corrected chi connectivity index (χ2v) is 4.09. The van der Waals surface area contributed by atoms with Crippen molar-refractivity contribution in [2.75, 3.05) is 11.6 Å². The minimum Gasteiger partial charge on any atom is -0.336 e. The first-order valence-corrected chi connectivity index (χ1v) is 4.89. The molecule has 0 saturated carbocycles. The van der Waals surface area contributed by atoms with Crippen LogP contribution in [0.2, 0.25) is 0 Å². The van der Waals surface area contributed by atoms with Gasteiger partial charge in [-0.25, -0.2) is 4.68 Å². The number of thioether (sulfide) groups is 1. The van der Waals surface area contributed by atoms with Gasteiger partial charge in [0, 0.05) is 5.75 Å². The molecule has 1 heterocycles. The zero-order valence-corrected chi connectivity index (χ0v) is 8.43. The molecule has 5 heteroatoms. The highest BCUT2D eigenvalue weighted by atomic mass is 32.2. The molecule has 68 valence electrons. The molecule has 0 fully saturated rings. The molecule has 1 rings (SSSR count). The molecule has 1 aromatic heterocycles. The Labute approximate surface area is 76.5 Å². The van der Waals surface area contributed by atoms with E-state index in [2.05, 4.69) is 24.0 Å². The van der Waals surface area contributed by atoms with Crippen LogP contribution in [0.3, 0.4) is 0 Å². The molecule has 0 aromatic carbocycles. The van der Waals surface area contributed by atoms with Gasteiger partial charge in [-0.1, -0.05) is 25.6 Å². The number of aromatic nitrogens is 3. The molecule has 0 spiro atoms. The molecule has 0 aliphatic rings. The summed E-state index contributed by atoms with van der Waals surface area (Å²) in [5.74, 6) is 8.08. The Bertz CT molecular complexity index is 256. The van der Waals surface area contributed by atoms with Gasteiger partial charge in [-0.15, -0.1) is 10.2 Å². The molecule has 0 unspecified atom stereocenters. The van der Waals surface area contributed by atoms with Gasteiger partial charge in [0.05, 0.1) is 0 Å². The van der Waals surface area contributed by atoms with Crippen LogP contribution in [0.25, 0.3) is 0 Å². The van der Waals surface area contributed by atoms with Crippen LogP contribution in [0.5, 0.6) is 0 Å². The van der Waals surface area contributed by atoms with Crippen molar-refractivity contribution in [1.82, 2.24) is 14.9 Å². The van der Waals surface area contributed by atoms with E-state index in [9.17, 15) is 0 Å². The lowest BCUT2D eigenvalue weighted by Gasteiger charge is -2.02. The van der Waals surface area contributed by atoms with E-state index in [0.29, 0.717) is 5.92 Å². The van der Waals surface area contributed by atoms with E-state index in [1.165, 1.54) is 4.68 Å². The van der Waals surface area contributed by atoms with Crippen LogP contribution >= 0.6 is 11.8 Å². The fraction of sp³-hybridized carbons (Fsp3) is 0.714. The van der Waals surface area contributed by atoms with E-state index in [1.54, 1.807) is 11.8 Å². The lowest BCUT2D eigenvalue weighted by molar-refractivity contribution is 0.743. The van der Waals surface area contributed by atoms with Crippen LogP contribution in [0.15, 0.2) is 5.16 Å². The van der Waals surface area contributed by atoms with Crippen molar-refractivity contribution in [1.29, 1.82) is 0 Å². The number of rotatable bonds is 3. The number of hydrogen-bond acceptors (Lipinski definition) is 4. The Morgan fingerprint density at radius 3 is 2.58 bits per heavy atom. The van der Waals surface area contributed by atoms with Crippen LogP contribution in [0.4, 0.5) is 0 Å². The molecular formula is C7H14N4S. The second-order valence-electron chi connectivity index (χ2n) is 3.10. The van der Waals surface area contributed by atoms with Crippen molar-refractivity contribution < 1.29 is 0 Å². The number of nitrogens with two attached hydrogens (primary N) is 1. The fourth-order valence-corrected chi connectivity index (χ4v) is 1.54. The Hall–Kier alpha value is -0.710. The Morgan fingerprint density at radius 2 is 2.17 bits per heavy atom. The average molecular weight is 186 g/mol. The zero-order valence-electron chi connectivity index (χ0n) is 7.61. The maximum atomic E-state index is 5.66. The van der Waals surface area contributed by atoms with Crippen molar-refractivity contribution in [2.45, 2.75) is 25.9 Å². The Morgan fingerprint density at radius 1 is 1.50 bits per heavy atom. The molecular weight excluding hydrogens is 172 g/mol. The summed E-state index contributed by atoms with van der Waals surface area (Å²) in [7, 11) is 0. The largest absolute Gasteiger partial charge is 0.336 e. The van der Waals surface area contributed by atoms with Gasteiger partial charge in [0.25, 0.3) is 0 Å². The predicted molar refractivity (Wildman–Crippen MR) is 50.5 cm³/mol. The Balaban J connectivity index is 2.58. The fourth-order valence-electron chi connectivity index (χ4n) is 0.690. The summed E-state index contributed by atoms with van der Waals surface area (Å²) in [6, 6.07) is 0. The SMILES string of the molecule is Cc1nnc(SCC(C)C)n1N. The van der Waals surface area contributed by atoms with E-state index in [1.807, 2.05) is 6.92 Å². The first kappa shape index (κ1) is 9.38. The van der Waals surface area contributed by atoms with E-state index in [-0.39, 0.29) is 0 Å². The lowest BCUT2D eigenvalue weighted by Crippen LogP contribution is -2.12. The highest BCUT2D eigenvalue weighted by Crippen LogP contribution is 2.16. The van der Waals surface area contributed by atoms with Crippen molar-refractivity contribution >= 4 is 11.8 Å². The molecule has 1 aromatic rings. The maximum Gasteiger partial charge on any atom is 0.209 e. The van der Waals surface area contributed by atoms with Gasteiger partial charge in [0.15, 0.2) is 0 Å².